The van der Waals surface area contributed by atoms with E-state index in [9.17, 15) is 19.7 Å². The fraction of sp³-hybridized carbons (Fsp3) is 0.231. The number of nitro groups is 1. The summed E-state index contributed by atoms with van der Waals surface area (Å²) in [7, 11) is 0. The second-order valence-electron chi connectivity index (χ2n) is 4.99. The Kier molecular flexibility index (Phi) is 3.48. The van der Waals surface area contributed by atoms with Gasteiger partial charge in [0.25, 0.3) is 5.69 Å². The van der Waals surface area contributed by atoms with Crippen molar-refractivity contribution in [2.24, 2.45) is 0 Å². The van der Waals surface area contributed by atoms with E-state index in [2.05, 4.69) is 20.7 Å². The molecule has 0 bridgehead atoms. The molecule has 10 nitrogen and oxygen atoms in total. The van der Waals surface area contributed by atoms with E-state index < -0.39 is 16.9 Å². The first-order chi connectivity index (χ1) is 10.9. The lowest BCUT2D eigenvalue weighted by atomic mass is 10.1. The number of amides is 2. The molecule has 118 valence electrons. The molecule has 3 rings (SSSR count). The predicted octanol–water partition coefficient (Wildman–Crippen LogP) is 1.02. The van der Waals surface area contributed by atoms with Crippen LogP contribution in [0, 0.1) is 17.0 Å². The summed E-state index contributed by atoms with van der Waals surface area (Å²) >= 11 is 0. The van der Waals surface area contributed by atoms with Crippen LogP contribution in [0.2, 0.25) is 0 Å². The maximum absolute atomic E-state index is 12.4. The van der Waals surface area contributed by atoms with Gasteiger partial charge in [-0.15, -0.1) is 0 Å². The summed E-state index contributed by atoms with van der Waals surface area (Å²) in [6.45, 7) is 1.65. The van der Waals surface area contributed by atoms with Gasteiger partial charge in [0.05, 0.1) is 11.3 Å². The van der Waals surface area contributed by atoms with E-state index in [0.29, 0.717) is 5.82 Å². The van der Waals surface area contributed by atoms with E-state index in [4.69, 9.17) is 0 Å². The molecule has 0 radical (unpaired) electrons. The number of nitrogens with zero attached hydrogens (tertiary/aromatic N) is 4. The quantitative estimate of drug-likeness (QED) is 0.641. The number of non-ortho nitro benzene ring substituents is 1. The van der Waals surface area contributed by atoms with E-state index in [1.165, 1.54) is 28.9 Å². The summed E-state index contributed by atoms with van der Waals surface area (Å²) in [6, 6.07) is 4.70. The monoisotopic (exact) mass is 316 g/mol. The molecule has 1 aromatic carbocycles. The van der Waals surface area contributed by atoms with Crippen LogP contribution in [0.5, 0.6) is 0 Å². The molecule has 1 aromatic heterocycles. The van der Waals surface area contributed by atoms with Crippen molar-refractivity contribution in [3.05, 3.63) is 40.2 Å². The van der Waals surface area contributed by atoms with Crippen molar-refractivity contribution in [3.63, 3.8) is 0 Å². The average Bonchev–Trinajstić information content (AvgIpc) is 2.86. The van der Waals surface area contributed by atoms with Crippen molar-refractivity contribution in [3.8, 4) is 0 Å². The van der Waals surface area contributed by atoms with Crippen LogP contribution in [-0.2, 0) is 9.59 Å². The summed E-state index contributed by atoms with van der Waals surface area (Å²) in [5.41, 5.74) is 0.134. The zero-order valence-corrected chi connectivity index (χ0v) is 12.0. The number of nitro benzene ring substituents is 1. The number of rotatable bonds is 3. The van der Waals surface area contributed by atoms with Gasteiger partial charge in [0.2, 0.25) is 17.8 Å². The lowest BCUT2D eigenvalue weighted by Crippen LogP contribution is -2.36. The van der Waals surface area contributed by atoms with Crippen LogP contribution in [0.4, 0.5) is 17.3 Å². The molecule has 2 aromatic rings. The largest absolute Gasteiger partial charge is 0.324 e. The van der Waals surface area contributed by atoms with Crippen molar-refractivity contribution >= 4 is 29.1 Å². The predicted molar refractivity (Wildman–Crippen MR) is 78.8 cm³/mol. The highest BCUT2D eigenvalue weighted by Gasteiger charge is 2.32. The molecular formula is C13H12N6O4. The average molecular weight is 316 g/mol. The number of carbonyl (C=O) groups excluding carboxylic acids is 2. The smallest absolute Gasteiger partial charge is 0.271 e. The maximum Gasteiger partial charge on any atom is 0.271 e. The second-order valence-corrected chi connectivity index (χ2v) is 4.99. The molecule has 2 amide bonds. The highest BCUT2D eigenvalue weighted by atomic mass is 16.6. The molecule has 1 aliphatic heterocycles. The fourth-order valence-electron chi connectivity index (χ4n) is 2.30. The SMILES string of the molecule is Cc1nc2n(n1)[C@@H](C(=O)Nc1cccc([N+](=O)[O-])c1)CC(=O)N2. The minimum atomic E-state index is -0.862. The van der Waals surface area contributed by atoms with Crippen molar-refractivity contribution in [1.82, 2.24) is 14.8 Å². The Labute approximate surface area is 129 Å². The normalized spacial score (nSPS) is 16.4. The van der Waals surface area contributed by atoms with Crippen LogP contribution in [0.3, 0.4) is 0 Å². The Morgan fingerprint density at radius 2 is 2.30 bits per heavy atom. The standard InChI is InChI=1S/C13H12N6O4/c1-7-14-13-16-11(20)6-10(18(13)17-7)12(21)15-8-3-2-4-9(5-8)19(22)23/h2-5,10H,6H2,1H3,(H,15,21)(H,14,16,17,20)/t10-/m1/s1. The van der Waals surface area contributed by atoms with Gasteiger partial charge in [0.15, 0.2) is 0 Å². The summed E-state index contributed by atoms with van der Waals surface area (Å²) in [5, 5.41) is 20.0. The lowest BCUT2D eigenvalue weighted by Gasteiger charge is -2.22. The molecule has 0 saturated carbocycles. The second kappa shape index (κ2) is 5.48. The number of benzene rings is 1. The van der Waals surface area contributed by atoms with E-state index in [-0.39, 0.29) is 29.7 Å². The van der Waals surface area contributed by atoms with Gasteiger partial charge in [-0.25, -0.2) is 4.68 Å². The van der Waals surface area contributed by atoms with Crippen molar-refractivity contribution in [2.75, 3.05) is 10.6 Å². The lowest BCUT2D eigenvalue weighted by molar-refractivity contribution is -0.384. The molecule has 0 fully saturated rings. The Morgan fingerprint density at radius 3 is 3.04 bits per heavy atom. The van der Waals surface area contributed by atoms with E-state index in [0.717, 1.165) is 0 Å². The molecule has 0 unspecified atom stereocenters. The Morgan fingerprint density at radius 1 is 1.52 bits per heavy atom. The maximum atomic E-state index is 12.4. The first-order valence-corrected chi connectivity index (χ1v) is 6.72. The zero-order chi connectivity index (χ0) is 16.6. The Bertz CT molecular complexity index is 815. The van der Waals surface area contributed by atoms with E-state index >= 15 is 0 Å². The van der Waals surface area contributed by atoms with Gasteiger partial charge in [-0.1, -0.05) is 6.07 Å². The molecule has 2 heterocycles. The molecule has 0 saturated heterocycles. The molecule has 2 N–H and O–H groups in total. The van der Waals surface area contributed by atoms with Gasteiger partial charge in [-0.2, -0.15) is 10.1 Å². The first kappa shape index (κ1) is 14.6. The van der Waals surface area contributed by atoms with Crippen LogP contribution in [0.1, 0.15) is 18.3 Å². The third-order valence-corrected chi connectivity index (χ3v) is 3.29. The van der Waals surface area contributed by atoms with Crippen molar-refractivity contribution in [1.29, 1.82) is 0 Å². The number of aromatic nitrogens is 3. The van der Waals surface area contributed by atoms with Crippen LogP contribution in [-0.4, -0.2) is 31.5 Å². The van der Waals surface area contributed by atoms with Crippen molar-refractivity contribution in [2.45, 2.75) is 19.4 Å². The summed E-state index contributed by atoms with van der Waals surface area (Å²) < 4.78 is 1.34. The Balaban J connectivity index is 1.85. The van der Waals surface area contributed by atoms with Crippen LogP contribution in [0.25, 0.3) is 0 Å². The number of carbonyl (C=O) groups is 2. The number of anilines is 2. The summed E-state index contributed by atoms with van der Waals surface area (Å²) in [6.07, 6.45) is -0.0867. The van der Waals surface area contributed by atoms with Gasteiger partial charge in [0, 0.05) is 17.8 Å². The van der Waals surface area contributed by atoms with E-state index in [1.54, 1.807) is 6.92 Å². The molecule has 0 spiro atoms. The van der Waals surface area contributed by atoms with Crippen LogP contribution in [0.15, 0.2) is 24.3 Å². The topological polar surface area (TPSA) is 132 Å². The highest BCUT2D eigenvalue weighted by Crippen LogP contribution is 2.25. The Hall–Kier alpha value is -3.30. The molecule has 10 heteroatoms. The van der Waals surface area contributed by atoms with Gasteiger partial charge in [0.1, 0.15) is 11.9 Å². The summed E-state index contributed by atoms with van der Waals surface area (Å²) in [4.78, 5) is 38.3. The van der Waals surface area contributed by atoms with Gasteiger partial charge in [-0.3, -0.25) is 25.0 Å². The third kappa shape index (κ3) is 2.86. The zero-order valence-electron chi connectivity index (χ0n) is 12.0. The fourth-order valence-corrected chi connectivity index (χ4v) is 2.30. The van der Waals surface area contributed by atoms with Crippen LogP contribution < -0.4 is 10.6 Å². The number of aryl methyl sites for hydroxylation is 1. The minimum Gasteiger partial charge on any atom is -0.324 e. The number of fused-ring (bicyclic) bond motifs is 1. The highest BCUT2D eigenvalue weighted by molar-refractivity contribution is 6.00. The molecule has 1 atom stereocenters. The molecule has 0 aliphatic carbocycles. The van der Waals surface area contributed by atoms with Crippen LogP contribution >= 0.6 is 0 Å². The van der Waals surface area contributed by atoms with Gasteiger partial charge < -0.3 is 5.32 Å². The number of hydrogen-bond donors (Lipinski definition) is 2. The number of hydrogen-bond acceptors (Lipinski definition) is 6. The van der Waals surface area contributed by atoms with Crippen molar-refractivity contribution < 1.29 is 14.5 Å². The van der Waals surface area contributed by atoms with Gasteiger partial charge in [-0.05, 0) is 13.0 Å². The molecular weight excluding hydrogens is 304 g/mol. The number of nitrogens with one attached hydrogen (secondary N) is 2. The molecule has 23 heavy (non-hydrogen) atoms. The van der Waals surface area contributed by atoms with Gasteiger partial charge >= 0.3 is 0 Å². The minimum absolute atomic E-state index is 0.0867. The first-order valence-electron chi connectivity index (χ1n) is 6.72. The third-order valence-electron chi connectivity index (χ3n) is 3.29. The van der Waals surface area contributed by atoms with E-state index in [1.807, 2.05) is 0 Å². The summed E-state index contributed by atoms with van der Waals surface area (Å²) in [5.74, 6) is -0.205. The molecule has 1 aliphatic rings.